The van der Waals surface area contributed by atoms with Crippen LogP contribution in [0.3, 0.4) is 0 Å². The van der Waals surface area contributed by atoms with E-state index < -0.39 is 5.91 Å². The van der Waals surface area contributed by atoms with Gasteiger partial charge in [-0.3, -0.25) is 15.0 Å². The minimum atomic E-state index is -0.417. The second-order valence-corrected chi connectivity index (χ2v) is 4.98. The number of carbonyl (C=O) groups is 2. The van der Waals surface area contributed by atoms with Crippen molar-refractivity contribution in [3.63, 3.8) is 0 Å². The fourth-order valence-electron chi connectivity index (χ4n) is 2.12. The van der Waals surface area contributed by atoms with Gasteiger partial charge in [0.25, 0.3) is 5.91 Å². The molecule has 0 radical (unpaired) electrons. The molecule has 0 unspecified atom stereocenters. The Hall–Kier alpha value is -2.66. The number of nitrogens with two attached hydrogens (primary N) is 1. The molecular formula is C17H18N2O3. The van der Waals surface area contributed by atoms with E-state index >= 15 is 0 Å². The van der Waals surface area contributed by atoms with Crippen molar-refractivity contribution in [3.05, 3.63) is 64.7 Å². The van der Waals surface area contributed by atoms with Crippen molar-refractivity contribution in [1.29, 1.82) is 0 Å². The Morgan fingerprint density at radius 3 is 2.45 bits per heavy atom. The summed E-state index contributed by atoms with van der Waals surface area (Å²) in [6.45, 7) is 3.57. The van der Waals surface area contributed by atoms with Crippen molar-refractivity contribution in [3.8, 4) is 5.75 Å². The summed E-state index contributed by atoms with van der Waals surface area (Å²) < 4.78 is 5.35. The molecule has 0 aliphatic carbocycles. The van der Waals surface area contributed by atoms with E-state index in [1.54, 1.807) is 18.2 Å². The van der Waals surface area contributed by atoms with E-state index in [9.17, 15) is 9.59 Å². The molecule has 5 heteroatoms. The lowest BCUT2D eigenvalue weighted by Gasteiger charge is -2.10. The molecule has 0 saturated heterocycles. The number of aryl methyl sites for hydroxylation is 2. The van der Waals surface area contributed by atoms with Crippen LogP contribution in [0, 0.1) is 13.8 Å². The van der Waals surface area contributed by atoms with E-state index in [1.165, 1.54) is 0 Å². The van der Waals surface area contributed by atoms with Gasteiger partial charge in [-0.15, -0.1) is 0 Å². The van der Waals surface area contributed by atoms with Gasteiger partial charge in [0.05, 0.1) is 0 Å². The zero-order valence-electron chi connectivity index (χ0n) is 12.6. The van der Waals surface area contributed by atoms with Crippen LogP contribution in [0.25, 0.3) is 0 Å². The molecule has 22 heavy (non-hydrogen) atoms. The van der Waals surface area contributed by atoms with Gasteiger partial charge in [0, 0.05) is 11.1 Å². The number of amides is 1. The summed E-state index contributed by atoms with van der Waals surface area (Å²) in [4.78, 5) is 23.6. The fraction of sp³-hybridized carbons (Fsp3) is 0.176. The number of hydrazine groups is 1. The van der Waals surface area contributed by atoms with E-state index in [0.29, 0.717) is 16.9 Å². The SMILES string of the molecule is Cc1cc(C(=O)c2ccccc2C)ccc1OCC(=O)NN. The standard InChI is InChI=1S/C17H18N2O3/c1-11-5-3-4-6-14(11)17(21)13-7-8-15(12(2)9-13)22-10-16(20)19-18/h3-9H,10,18H2,1-2H3,(H,19,20). The topological polar surface area (TPSA) is 81.4 Å². The zero-order chi connectivity index (χ0) is 16.1. The van der Waals surface area contributed by atoms with Gasteiger partial charge in [0.15, 0.2) is 12.4 Å². The normalized spacial score (nSPS) is 10.1. The van der Waals surface area contributed by atoms with Crippen LogP contribution in [0.5, 0.6) is 5.75 Å². The number of hydrogen-bond acceptors (Lipinski definition) is 4. The molecular weight excluding hydrogens is 280 g/mol. The highest BCUT2D eigenvalue weighted by Crippen LogP contribution is 2.22. The largest absolute Gasteiger partial charge is 0.483 e. The van der Waals surface area contributed by atoms with E-state index in [-0.39, 0.29) is 12.4 Å². The molecule has 3 N–H and O–H groups in total. The highest BCUT2D eigenvalue weighted by Gasteiger charge is 2.13. The molecule has 1 amide bonds. The van der Waals surface area contributed by atoms with Crippen molar-refractivity contribution in [2.24, 2.45) is 5.84 Å². The Kier molecular flexibility index (Phi) is 4.91. The van der Waals surface area contributed by atoms with E-state index in [1.807, 2.05) is 43.5 Å². The number of ketones is 1. The Labute approximate surface area is 129 Å². The number of rotatable bonds is 5. The van der Waals surface area contributed by atoms with Crippen molar-refractivity contribution >= 4 is 11.7 Å². The maximum Gasteiger partial charge on any atom is 0.271 e. The van der Waals surface area contributed by atoms with Crippen molar-refractivity contribution in [2.45, 2.75) is 13.8 Å². The molecule has 0 aliphatic heterocycles. The summed E-state index contributed by atoms with van der Waals surface area (Å²) >= 11 is 0. The minimum absolute atomic E-state index is 0.0348. The maximum absolute atomic E-state index is 12.5. The first-order chi connectivity index (χ1) is 10.5. The molecule has 0 bridgehead atoms. The lowest BCUT2D eigenvalue weighted by atomic mass is 9.98. The molecule has 5 nitrogen and oxygen atoms in total. The molecule has 0 atom stereocenters. The van der Waals surface area contributed by atoms with Gasteiger partial charge >= 0.3 is 0 Å². The van der Waals surface area contributed by atoms with E-state index in [2.05, 4.69) is 0 Å². The number of nitrogens with one attached hydrogen (secondary N) is 1. The Morgan fingerprint density at radius 2 is 1.82 bits per heavy atom. The summed E-state index contributed by atoms with van der Waals surface area (Å²) in [6, 6.07) is 12.6. The number of ether oxygens (including phenoxy) is 1. The van der Waals surface area contributed by atoms with Gasteiger partial charge in [-0.25, -0.2) is 5.84 Å². The molecule has 2 rings (SSSR count). The van der Waals surface area contributed by atoms with Crippen LogP contribution in [0.15, 0.2) is 42.5 Å². The molecule has 114 valence electrons. The van der Waals surface area contributed by atoms with Gasteiger partial charge in [-0.2, -0.15) is 0 Å². The summed E-state index contributed by atoms with van der Waals surface area (Å²) in [6.07, 6.45) is 0. The van der Waals surface area contributed by atoms with Crippen molar-refractivity contribution < 1.29 is 14.3 Å². The summed E-state index contributed by atoms with van der Waals surface area (Å²) in [5.41, 5.74) is 4.98. The molecule has 0 aromatic heterocycles. The van der Waals surface area contributed by atoms with Gasteiger partial charge in [0.1, 0.15) is 5.75 Å². The van der Waals surface area contributed by atoms with Crippen LogP contribution in [-0.4, -0.2) is 18.3 Å². The minimum Gasteiger partial charge on any atom is -0.483 e. The fourth-order valence-corrected chi connectivity index (χ4v) is 2.12. The third-order valence-electron chi connectivity index (χ3n) is 3.35. The first kappa shape index (κ1) is 15.7. The summed E-state index contributed by atoms with van der Waals surface area (Å²) in [7, 11) is 0. The molecule has 2 aromatic carbocycles. The highest BCUT2D eigenvalue weighted by atomic mass is 16.5. The number of benzene rings is 2. The molecule has 0 saturated carbocycles. The molecule has 2 aromatic rings. The van der Waals surface area contributed by atoms with Crippen LogP contribution >= 0.6 is 0 Å². The highest BCUT2D eigenvalue weighted by molar-refractivity contribution is 6.10. The smallest absolute Gasteiger partial charge is 0.271 e. The van der Waals surface area contributed by atoms with Gasteiger partial charge in [-0.05, 0) is 43.2 Å². The van der Waals surface area contributed by atoms with E-state index in [0.717, 1.165) is 11.1 Å². The summed E-state index contributed by atoms with van der Waals surface area (Å²) in [5.74, 6) is 5.09. The van der Waals surface area contributed by atoms with Crippen LogP contribution in [-0.2, 0) is 4.79 Å². The lowest BCUT2D eigenvalue weighted by molar-refractivity contribution is -0.123. The zero-order valence-corrected chi connectivity index (χ0v) is 12.6. The Bertz CT molecular complexity index is 711. The molecule has 0 heterocycles. The Morgan fingerprint density at radius 1 is 1.09 bits per heavy atom. The van der Waals surface area contributed by atoms with E-state index in [4.69, 9.17) is 10.6 Å². The monoisotopic (exact) mass is 298 g/mol. The second kappa shape index (κ2) is 6.87. The quantitative estimate of drug-likeness (QED) is 0.382. The predicted octanol–water partition coefficient (Wildman–Crippen LogP) is 1.90. The predicted molar refractivity (Wildman–Crippen MR) is 83.6 cm³/mol. The van der Waals surface area contributed by atoms with Crippen LogP contribution in [0.2, 0.25) is 0 Å². The maximum atomic E-state index is 12.5. The van der Waals surface area contributed by atoms with Gasteiger partial charge in [0.2, 0.25) is 0 Å². The van der Waals surface area contributed by atoms with Gasteiger partial charge < -0.3 is 4.74 Å². The van der Waals surface area contributed by atoms with Crippen LogP contribution in [0.4, 0.5) is 0 Å². The first-order valence-corrected chi connectivity index (χ1v) is 6.86. The van der Waals surface area contributed by atoms with Crippen molar-refractivity contribution in [1.82, 2.24) is 5.43 Å². The summed E-state index contributed by atoms with van der Waals surface area (Å²) in [5, 5.41) is 0. The Balaban J connectivity index is 2.20. The second-order valence-electron chi connectivity index (χ2n) is 4.98. The first-order valence-electron chi connectivity index (χ1n) is 6.86. The molecule has 0 aliphatic rings. The van der Waals surface area contributed by atoms with Crippen LogP contribution in [0.1, 0.15) is 27.0 Å². The number of hydrogen-bond donors (Lipinski definition) is 2. The average Bonchev–Trinajstić information content (AvgIpc) is 2.53. The van der Waals surface area contributed by atoms with Crippen molar-refractivity contribution in [2.75, 3.05) is 6.61 Å². The van der Waals surface area contributed by atoms with Crippen LogP contribution < -0.4 is 16.0 Å². The molecule has 0 spiro atoms. The number of carbonyl (C=O) groups excluding carboxylic acids is 2. The third kappa shape index (κ3) is 3.51. The third-order valence-corrected chi connectivity index (χ3v) is 3.35. The average molecular weight is 298 g/mol. The molecule has 0 fully saturated rings. The van der Waals surface area contributed by atoms with Gasteiger partial charge in [-0.1, -0.05) is 24.3 Å². The lowest BCUT2D eigenvalue weighted by Crippen LogP contribution is -2.34.